The summed E-state index contributed by atoms with van der Waals surface area (Å²) in [5.41, 5.74) is 2.07. The second-order valence-corrected chi connectivity index (χ2v) is 6.78. The van der Waals surface area contributed by atoms with E-state index < -0.39 is 6.10 Å². The molecule has 0 fully saturated rings. The molecule has 0 unspecified atom stereocenters. The summed E-state index contributed by atoms with van der Waals surface area (Å²) in [4.78, 5) is 13.0. The molecule has 1 heterocycles. The fourth-order valence-electron chi connectivity index (χ4n) is 2.55. The molecule has 4 nitrogen and oxygen atoms in total. The number of hydrogen-bond donors (Lipinski definition) is 3. The third kappa shape index (κ3) is 3.20. The van der Waals surface area contributed by atoms with Crippen LogP contribution < -0.4 is 10.6 Å². The first kappa shape index (κ1) is 14.4. The van der Waals surface area contributed by atoms with Crippen LogP contribution in [0.25, 0.3) is 0 Å². The molecule has 0 radical (unpaired) electrons. The molecule has 0 bridgehead atoms. The largest absolute Gasteiger partial charge is 0.390 e. The molecule has 0 spiro atoms. The van der Waals surface area contributed by atoms with E-state index in [4.69, 9.17) is 11.6 Å². The molecule has 2 atom stereocenters. The normalized spacial score (nSPS) is 20.1. The van der Waals surface area contributed by atoms with Crippen LogP contribution in [0.4, 0.5) is 4.79 Å². The number of fused-ring (bicyclic) bond motifs is 1. The molecule has 0 aliphatic heterocycles. The third-order valence-electron chi connectivity index (χ3n) is 3.54. The quantitative estimate of drug-likeness (QED) is 0.813. The summed E-state index contributed by atoms with van der Waals surface area (Å²) < 4.78 is 0.701. The van der Waals surface area contributed by atoms with Crippen molar-refractivity contribution in [1.82, 2.24) is 10.6 Å². The van der Waals surface area contributed by atoms with Gasteiger partial charge in [0.05, 0.1) is 23.0 Å². The van der Waals surface area contributed by atoms with Gasteiger partial charge in [0.15, 0.2) is 0 Å². The van der Waals surface area contributed by atoms with Crippen molar-refractivity contribution in [3.63, 3.8) is 0 Å². The number of benzene rings is 1. The molecule has 1 aromatic heterocycles. The number of nitrogens with one attached hydrogen (secondary N) is 2. The van der Waals surface area contributed by atoms with E-state index in [1.807, 2.05) is 30.3 Å². The number of carbonyl (C=O) groups is 1. The Morgan fingerprint density at radius 2 is 2.14 bits per heavy atom. The lowest BCUT2D eigenvalue weighted by atomic mass is 10.1. The van der Waals surface area contributed by atoms with Crippen molar-refractivity contribution in [3.8, 4) is 0 Å². The summed E-state index contributed by atoms with van der Waals surface area (Å²) in [6.07, 6.45) is -0.00824. The van der Waals surface area contributed by atoms with Gasteiger partial charge in [-0.15, -0.1) is 11.3 Å². The number of amides is 2. The van der Waals surface area contributed by atoms with E-state index in [0.29, 0.717) is 17.3 Å². The highest BCUT2D eigenvalue weighted by Crippen LogP contribution is 2.31. The first-order valence-electron chi connectivity index (χ1n) is 6.68. The molecule has 3 rings (SSSR count). The van der Waals surface area contributed by atoms with Crippen molar-refractivity contribution in [2.45, 2.75) is 25.1 Å². The van der Waals surface area contributed by atoms with Crippen LogP contribution in [0.1, 0.15) is 22.0 Å². The lowest BCUT2D eigenvalue weighted by Gasteiger charge is -2.18. The molecule has 1 aromatic carbocycles. The van der Waals surface area contributed by atoms with Gasteiger partial charge < -0.3 is 15.7 Å². The highest BCUT2D eigenvalue weighted by molar-refractivity contribution is 7.16. The predicted molar refractivity (Wildman–Crippen MR) is 83.6 cm³/mol. The Balaban J connectivity index is 1.60. The Morgan fingerprint density at radius 1 is 1.33 bits per heavy atom. The lowest BCUT2D eigenvalue weighted by Crippen LogP contribution is -2.40. The van der Waals surface area contributed by atoms with Crippen molar-refractivity contribution in [2.24, 2.45) is 0 Å². The average molecular weight is 323 g/mol. The van der Waals surface area contributed by atoms with Crippen LogP contribution in [-0.4, -0.2) is 17.2 Å². The number of aliphatic hydroxyl groups is 1. The van der Waals surface area contributed by atoms with Crippen LogP contribution in [-0.2, 0) is 13.0 Å². The molecular formula is C15H15ClN2O2S. The van der Waals surface area contributed by atoms with Gasteiger partial charge in [-0.25, -0.2) is 4.79 Å². The fraction of sp³-hybridized carbons (Fsp3) is 0.267. The first-order valence-corrected chi connectivity index (χ1v) is 7.87. The molecule has 1 aliphatic carbocycles. The van der Waals surface area contributed by atoms with Gasteiger partial charge in [0.25, 0.3) is 0 Å². The van der Waals surface area contributed by atoms with E-state index in [1.165, 1.54) is 11.3 Å². The van der Waals surface area contributed by atoms with E-state index in [2.05, 4.69) is 10.6 Å². The van der Waals surface area contributed by atoms with E-state index in [-0.39, 0.29) is 12.1 Å². The Bertz CT molecular complexity index is 659. The number of aliphatic hydroxyl groups excluding tert-OH is 1. The summed E-state index contributed by atoms with van der Waals surface area (Å²) in [6, 6.07) is 10.8. The minimum absolute atomic E-state index is 0.291. The van der Waals surface area contributed by atoms with Crippen molar-refractivity contribution in [1.29, 1.82) is 0 Å². The van der Waals surface area contributed by atoms with E-state index in [1.54, 1.807) is 6.07 Å². The van der Waals surface area contributed by atoms with Crippen LogP contribution in [0.3, 0.4) is 0 Å². The number of thiophene rings is 1. The molecule has 2 amide bonds. The van der Waals surface area contributed by atoms with Gasteiger partial charge in [0.1, 0.15) is 0 Å². The SMILES string of the molecule is O=C(NCc1ccc(Cl)s1)N[C@@H]1c2ccccc2C[C@@H]1O. The number of rotatable bonds is 3. The Morgan fingerprint density at radius 3 is 2.90 bits per heavy atom. The van der Waals surface area contributed by atoms with Gasteiger partial charge >= 0.3 is 6.03 Å². The van der Waals surface area contributed by atoms with Gasteiger partial charge in [0.2, 0.25) is 0 Å². The maximum atomic E-state index is 12.0. The molecule has 1 aliphatic rings. The summed E-state index contributed by atoms with van der Waals surface area (Å²) in [5, 5.41) is 15.7. The van der Waals surface area contributed by atoms with E-state index >= 15 is 0 Å². The second-order valence-electron chi connectivity index (χ2n) is 4.98. The summed E-state index contributed by atoms with van der Waals surface area (Å²) in [7, 11) is 0. The van der Waals surface area contributed by atoms with Crippen molar-refractivity contribution < 1.29 is 9.90 Å². The summed E-state index contributed by atoms with van der Waals surface area (Å²) in [5.74, 6) is 0. The lowest BCUT2D eigenvalue weighted by molar-refractivity contribution is 0.142. The molecule has 6 heteroatoms. The van der Waals surface area contributed by atoms with Crippen LogP contribution in [0, 0.1) is 0 Å². The van der Waals surface area contributed by atoms with E-state index in [0.717, 1.165) is 16.0 Å². The van der Waals surface area contributed by atoms with Gasteiger partial charge in [-0.2, -0.15) is 0 Å². The molecule has 3 N–H and O–H groups in total. The van der Waals surface area contributed by atoms with Gasteiger partial charge in [0, 0.05) is 11.3 Å². The topological polar surface area (TPSA) is 61.4 Å². The zero-order valence-electron chi connectivity index (χ0n) is 11.2. The van der Waals surface area contributed by atoms with Gasteiger partial charge in [-0.3, -0.25) is 0 Å². The predicted octanol–water partition coefficient (Wildman–Crippen LogP) is 2.86. The summed E-state index contributed by atoms with van der Waals surface area (Å²) in [6.45, 7) is 0.424. The smallest absolute Gasteiger partial charge is 0.315 e. The minimum Gasteiger partial charge on any atom is -0.390 e. The molecule has 0 saturated heterocycles. The Labute approximate surface area is 131 Å². The number of carbonyl (C=O) groups excluding carboxylic acids is 1. The van der Waals surface area contributed by atoms with Crippen LogP contribution in [0.2, 0.25) is 4.34 Å². The number of urea groups is 1. The maximum absolute atomic E-state index is 12.0. The fourth-order valence-corrected chi connectivity index (χ4v) is 3.58. The Hall–Kier alpha value is -1.56. The molecule has 0 saturated carbocycles. The van der Waals surface area contributed by atoms with Crippen LogP contribution >= 0.6 is 22.9 Å². The first-order chi connectivity index (χ1) is 10.1. The van der Waals surface area contributed by atoms with Gasteiger partial charge in [-0.1, -0.05) is 35.9 Å². The third-order valence-corrected chi connectivity index (χ3v) is 4.77. The van der Waals surface area contributed by atoms with Crippen LogP contribution in [0.5, 0.6) is 0 Å². The molecule has 21 heavy (non-hydrogen) atoms. The molecule has 110 valence electrons. The highest BCUT2D eigenvalue weighted by atomic mass is 35.5. The maximum Gasteiger partial charge on any atom is 0.315 e. The van der Waals surface area contributed by atoms with E-state index in [9.17, 15) is 9.90 Å². The van der Waals surface area contributed by atoms with Crippen molar-refractivity contribution >= 4 is 29.0 Å². The standard InChI is InChI=1S/C15H15ClN2O2S/c16-13-6-5-10(21-13)8-17-15(20)18-14-11-4-2-1-3-9(11)7-12(14)19/h1-6,12,14,19H,7-8H2,(H2,17,18,20)/t12-,14+/m0/s1. The van der Waals surface area contributed by atoms with Crippen molar-refractivity contribution in [2.75, 3.05) is 0 Å². The second kappa shape index (κ2) is 6.05. The number of halogens is 1. The monoisotopic (exact) mass is 322 g/mol. The zero-order valence-corrected chi connectivity index (χ0v) is 12.7. The molecule has 2 aromatic rings. The van der Waals surface area contributed by atoms with Gasteiger partial charge in [-0.05, 0) is 23.3 Å². The number of hydrogen-bond acceptors (Lipinski definition) is 3. The zero-order chi connectivity index (χ0) is 14.8. The van der Waals surface area contributed by atoms with Crippen molar-refractivity contribution in [3.05, 3.63) is 56.7 Å². The molecular weight excluding hydrogens is 308 g/mol. The minimum atomic E-state index is -0.579. The average Bonchev–Trinajstić information content (AvgIpc) is 3.01. The highest BCUT2D eigenvalue weighted by Gasteiger charge is 2.31. The summed E-state index contributed by atoms with van der Waals surface area (Å²) >= 11 is 7.28. The Kier molecular flexibility index (Phi) is 4.14. The van der Waals surface area contributed by atoms with Crippen LogP contribution in [0.15, 0.2) is 36.4 Å².